The second kappa shape index (κ2) is 8.54. The fraction of sp³-hybridized carbons (Fsp3) is 0.600. The number of likely N-dealkylation sites (tertiary alicyclic amines) is 2. The SMILES string of the molecule is CCc1ccccc1OC1CN(CCC(=O)N2CCC(C(=O)O)CC2)C1. The molecule has 1 N–H and O–H groups in total. The van der Waals surface area contributed by atoms with Gasteiger partial charge in [0.2, 0.25) is 5.91 Å². The summed E-state index contributed by atoms with van der Waals surface area (Å²) in [5.74, 6) is 0.0678. The van der Waals surface area contributed by atoms with E-state index < -0.39 is 5.97 Å². The van der Waals surface area contributed by atoms with Gasteiger partial charge in [-0.2, -0.15) is 0 Å². The molecule has 3 rings (SSSR count). The number of carboxylic acids is 1. The van der Waals surface area contributed by atoms with Gasteiger partial charge in [0.05, 0.1) is 5.92 Å². The Morgan fingerprint density at radius 1 is 1.19 bits per heavy atom. The number of carboxylic acid groups (broad SMARTS) is 1. The van der Waals surface area contributed by atoms with Crippen molar-refractivity contribution in [3.8, 4) is 5.75 Å². The van der Waals surface area contributed by atoms with E-state index in [1.165, 1.54) is 5.56 Å². The largest absolute Gasteiger partial charge is 0.487 e. The molecule has 6 heteroatoms. The average Bonchev–Trinajstić information content (AvgIpc) is 2.63. The van der Waals surface area contributed by atoms with Crippen LogP contribution < -0.4 is 4.74 Å². The highest BCUT2D eigenvalue weighted by atomic mass is 16.5. The van der Waals surface area contributed by atoms with E-state index in [9.17, 15) is 9.59 Å². The first kappa shape index (κ1) is 18.7. The first-order valence-electron chi connectivity index (χ1n) is 9.54. The summed E-state index contributed by atoms with van der Waals surface area (Å²) in [7, 11) is 0. The van der Waals surface area contributed by atoms with Crippen LogP contribution in [0, 0.1) is 5.92 Å². The standard InChI is InChI=1S/C20H28N2O4/c1-2-15-5-3-4-6-18(15)26-17-13-21(14-17)10-9-19(23)22-11-7-16(8-12-22)20(24)25/h3-6,16-17H,2,7-14H2,1H3,(H,24,25). The molecule has 2 fully saturated rings. The van der Waals surface area contributed by atoms with Crippen molar-refractivity contribution in [2.45, 2.75) is 38.7 Å². The van der Waals surface area contributed by atoms with Crippen LogP contribution in [0.2, 0.25) is 0 Å². The number of nitrogens with zero attached hydrogens (tertiary/aromatic N) is 2. The summed E-state index contributed by atoms with van der Waals surface area (Å²) in [6.07, 6.45) is 2.79. The van der Waals surface area contributed by atoms with E-state index in [0.29, 0.717) is 32.4 Å². The van der Waals surface area contributed by atoms with Crippen molar-refractivity contribution in [2.75, 3.05) is 32.7 Å². The van der Waals surface area contributed by atoms with Gasteiger partial charge >= 0.3 is 5.97 Å². The lowest BCUT2D eigenvalue weighted by atomic mass is 9.97. The first-order chi connectivity index (χ1) is 12.6. The lowest BCUT2D eigenvalue weighted by Crippen LogP contribution is -2.54. The van der Waals surface area contributed by atoms with Crippen LogP contribution in [-0.4, -0.2) is 65.6 Å². The summed E-state index contributed by atoms with van der Waals surface area (Å²) in [4.78, 5) is 27.3. The summed E-state index contributed by atoms with van der Waals surface area (Å²) >= 11 is 0. The van der Waals surface area contributed by atoms with Crippen LogP contribution in [0.4, 0.5) is 0 Å². The Balaban J connectivity index is 1.35. The van der Waals surface area contributed by atoms with Gasteiger partial charge in [-0.1, -0.05) is 25.1 Å². The van der Waals surface area contributed by atoms with Gasteiger partial charge in [-0.3, -0.25) is 14.5 Å². The molecule has 0 radical (unpaired) electrons. The Morgan fingerprint density at radius 2 is 1.88 bits per heavy atom. The predicted octanol–water partition coefficient (Wildman–Crippen LogP) is 2.03. The van der Waals surface area contributed by atoms with E-state index in [-0.39, 0.29) is 17.9 Å². The normalized spacial score (nSPS) is 19.2. The highest BCUT2D eigenvalue weighted by Gasteiger charge is 2.31. The Kier molecular flexibility index (Phi) is 6.14. The molecule has 2 heterocycles. The van der Waals surface area contributed by atoms with E-state index in [2.05, 4.69) is 17.9 Å². The zero-order valence-electron chi connectivity index (χ0n) is 15.4. The maximum absolute atomic E-state index is 12.3. The number of piperidine rings is 1. The molecule has 2 saturated heterocycles. The number of amides is 1. The lowest BCUT2D eigenvalue weighted by Gasteiger charge is -2.39. The zero-order valence-corrected chi connectivity index (χ0v) is 15.4. The van der Waals surface area contributed by atoms with Gasteiger partial charge < -0.3 is 14.7 Å². The van der Waals surface area contributed by atoms with Gasteiger partial charge in [-0.25, -0.2) is 0 Å². The van der Waals surface area contributed by atoms with E-state index >= 15 is 0 Å². The minimum absolute atomic E-state index is 0.134. The number of aryl methyl sites for hydroxylation is 1. The smallest absolute Gasteiger partial charge is 0.306 e. The van der Waals surface area contributed by atoms with Crippen molar-refractivity contribution in [1.82, 2.24) is 9.80 Å². The van der Waals surface area contributed by atoms with Crippen molar-refractivity contribution in [3.05, 3.63) is 29.8 Å². The molecule has 0 aromatic heterocycles. The molecule has 2 aliphatic heterocycles. The predicted molar refractivity (Wildman–Crippen MR) is 98.2 cm³/mol. The monoisotopic (exact) mass is 360 g/mol. The summed E-state index contributed by atoms with van der Waals surface area (Å²) in [6, 6.07) is 8.14. The molecule has 6 nitrogen and oxygen atoms in total. The number of rotatable bonds is 7. The van der Waals surface area contributed by atoms with Crippen LogP contribution in [0.5, 0.6) is 5.75 Å². The van der Waals surface area contributed by atoms with Crippen molar-refractivity contribution >= 4 is 11.9 Å². The Labute approximate surface area is 154 Å². The van der Waals surface area contributed by atoms with Crippen molar-refractivity contribution in [3.63, 3.8) is 0 Å². The molecular formula is C20H28N2O4. The molecule has 0 bridgehead atoms. The molecule has 0 aliphatic carbocycles. The summed E-state index contributed by atoms with van der Waals surface area (Å²) < 4.78 is 6.07. The highest BCUT2D eigenvalue weighted by Crippen LogP contribution is 2.23. The minimum Gasteiger partial charge on any atom is -0.487 e. The molecule has 0 atom stereocenters. The fourth-order valence-electron chi connectivity index (χ4n) is 3.66. The second-order valence-corrected chi connectivity index (χ2v) is 7.20. The van der Waals surface area contributed by atoms with E-state index in [1.807, 2.05) is 23.1 Å². The van der Waals surface area contributed by atoms with Gasteiger partial charge in [0.15, 0.2) is 0 Å². The van der Waals surface area contributed by atoms with Crippen LogP contribution in [0.15, 0.2) is 24.3 Å². The number of hydrogen-bond acceptors (Lipinski definition) is 4. The summed E-state index contributed by atoms with van der Waals surface area (Å²) in [5.41, 5.74) is 1.23. The molecule has 26 heavy (non-hydrogen) atoms. The summed E-state index contributed by atoms with van der Waals surface area (Å²) in [6.45, 7) is 5.70. The molecule has 0 spiro atoms. The quantitative estimate of drug-likeness (QED) is 0.806. The Bertz CT molecular complexity index is 634. The van der Waals surface area contributed by atoms with Gasteiger partial charge in [0, 0.05) is 39.1 Å². The third-order valence-corrected chi connectivity index (χ3v) is 5.41. The zero-order chi connectivity index (χ0) is 18.5. The molecule has 1 amide bonds. The molecular weight excluding hydrogens is 332 g/mol. The molecule has 0 unspecified atom stereocenters. The maximum atomic E-state index is 12.3. The third kappa shape index (κ3) is 4.55. The summed E-state index contributed by atoms with van der Waals surface area (Å²) in [5, 5.41) is 9.02. The van der Waals surface area contributed by atoms with Gasteiger partial charge in [-0.05, 0) is 30.9 Å². The second-order valence-electron chi connectivity index (χ2n) is 7.20. The van der Waals surface area contributed by atoms with E-state index in [0.717, 1.165) is 31.8 Å². The highest BCUT2D eigenvalue weighted by molar-refractivity contribution is 5.77. The number of carbonyl (C=O) groups excluding carboxylic acids is 1. The number of ether oxygens (including phenoxy) is 1. The fourth-order valence-corrected chi connectivity index (χ4v) is 3.66. The van der Waals surface area contributed by atoms with Crippen LogP contribution in [0.1, 0.15) is 31.7 Å². The van der Waals surface area contributed by atoms with Gasteiger partial charge in [0.1, 0.15) is 11.9 Å². The van der Waals surface area contributed by atoms with Crippen LogP contribution in [-0.2, 0) is 16.0 Å². The molecule has 1 aromatic rings. The number of benzene rings is 1. The molecule has 2 aliphatic rings. The van der Waals surface area contributed by atoms with Crippen LogP contribution in [0.25, 0.3) is 0 Å². The maximum Gasteiger partial charge on any atom is 0.306 e. The Morgan fingerprint density at radius 3 is 2.54 bits per heavy atom. The minimum atomic E-state index is -0.742. The van der Waals surface area contributed by atoms with Crippen molar-refractivity contribution < 1.29 is 19.4 Å². The number of carbonyl (C=O) groups is 2. The topological polar surface area (TPSA) is 70.1 Å². The molecule has 142 valence electrons. The van der Waals surface area contributed by atoms with Crippen LogP contribution >= 0.6 is 0 Å². The Hall–Kier alpha value is -2.08. The van der Waals surface area contributed by atoms with Crippen LogP contribution in [0.3, 0.4) is 0 Å². The number of hydrogen-bond donors (Lipinski definition) is 1. The van der Waals surface area contributed by atoms with Gasteiger partial charge in [-0.15, -0.1) is 0 Å². The van der Waals surface area contributed by atoms with E-state index in [4.69, 9.17) is 9.84 Å². The lowest BCUT2D eigenvalue weighted by molar-refractivity contribution is -0.145. The third-order valence-electron chi connectivity index (χ3n) is 5.41. The average molecular weight is 360 g/mol. The number of aliphatic carboxylic acids is 1. The molecule has 1 aromatic carbocycles. The van der Waals surface area contributed by atoms with Gasteiger partial charge in [0.25, 0.3) is 0 Å². The van der Waals surface area contributed by atoms with Crippen molar-refractivity contribution in [2.24, 2.45) is 5.92 Å². The van der Waals surface area contributed by atoms with E-state index in [1.54, 1.807) is 0 Å². The number of para-hydroxylation sites is 1. The first-order valence-corrected chi connectivity index (χ1v) is 9.54. The molecule has 0 saturated carbocycles. The van der Waals surface area contributed by atoms with Crippen molar-refractivity contribution in [1.29, 1.82) is 0 Å².